The molecule has 8 heteroatoms. The van der Waals surface area contributed by atoms with Gasteiger partial charge in [-0.1, -0.05) is 0 Å². The van der Waals surface area contributed by atoms with E-state index in [0.29, 0.717) is 0 Å². The number of non-ortho nitro benzene ring substituents is 1. The van der Waals surface area contributed by atoms with Crippen molar-refractivity contribution >= 4 is 23.2 Å². The second kappa shape index (κ2) is 4.26. The molecule has 3 fully saturated rings. The van der Waals surface area contributed by atoms with E-state index in [1.807, 2.05) is 0 Å². The molecular weight excluding hydrogens is 292 g/mol. The Labute approximate surface area is 124 Å². The maximum Gasteiger partial charge on any atom is 0.271 e. The first kappa shape index (κ1) is 13.2. The Balaban J connectivity index is 1.78. The molecule has 3 heterocycles. The van der Waals surface area contributed by atoms with Crippen molar-refractivity contribution in [2.75, 3.05) is 4.90 Å². The first-order valence-electron chi connectivity index (χ1n) is 6.99. The van der Waals surface area contributed by atoms with Gasteiger partial charge in [0.1, 0.15) is 11.4 Å². The molecule has 0 spiro atoms. The number of fused-ring (bicyclic) bond motifs is 5. The minimum Gasteiger partial charge on any atom is -0.506 e. The summed E-state index contributed by atoms with van der Waals surface area (Å²) >= 11 is 0. The van der Waals surface area contributed by atoms with Gasteiger partial charge in [0, 0.05) is 12.1 Å². The van der Waals surface area contributed by atoms with Crippen LogP contribution in [0.25, 0.3) is 0 Å². The summed E-state index contributed by atoms with van der Waals surface area (Å²) in [5, 5.41) is 20.8. The fraction of sp³-hybridized carbons (Fsp3) is 0.429. The molecule has 3 aliphatic rings. The minimum absolute atomic E-state index is 0.127. The van der Waals surface area contributed by atoms with Crippen molar-refractivity contribution in [2.45, 2.75) is 25.0 Å². The fourth-order valence-corrected chi connectivity index (χ4v) is 3.75. The molecule has 4 rings (SSSR count). The molecule has 1 aromatic carbocycles. The quantitative estimate of drug-likeness (QED) is 0.495. The number of ether oxygens (including phenoxy) is 1. The maximum absolute atomic E-state index is 12.6. The van der Waals surface area contributed by atoms with E-state index in [2.05, 4.69) is 0 Å². The van der Waals surface area contributed by atoms with Gasteiger partial charge in [0.2, 0.25) is 11.8 Å². The molecule has 3 saturated heterocycles. The van der Waals surface area contributed by atoms with Gasteiger partial charge in [-0.05, 0) is 18.9 Å². The van der Waals surface area contributed by atoms with Crippen LogP contribution < -0.4 is 4.90 Å². The normalized spacial score (nSPS) is 32.6. The van der Waals surface area contributed by atoms with Crippen LogP contribution in [-0.2, 0) is 14.3 Å². The number of phenols is 1. The Kier molecular flexibility index (Phi) is 2.56. The number of carbonyl (C=O) groups excluding carboxylic acids is 2. The van der Waals surface area contributed by atoms with E-state index in [1.54, 1.807) is 0 Å². The number of nitro groups is 1. The molecule has 0 aromatic heterocycles. The van der Waals surface area contributed by atoms with Crippen molar-refractivity contribution in [3.63, 3.8) is 0 Å². The highest BCUT2D eigenvalue weighted by Gasteiger charge is 2.62. The molecule has 0 unspecified atom stereocenters. The zero-order valence-electron chi connectivity index (χ0n) is 11.3. The zero-order valence-corrected chi connectivity index (χ0v) is 11.3. The second-order valence-corrected chi connectivity index (χ2v) is 5.78. The SMILES string of the molecule is O=C1[C@@H]2[C@H](C(=O)N1c1cc([N+](=O)[O-])ccc1O)[C@H]1CC[C@@H]2O1. The standard InChI is InChI=1S/C14H12N2O6/c17-8-2-1-6(16(20)21)5-7(8)15-13(18)11-9-3-4-10(22-9)12(11)14(15)19/h1-2,5,9-12,17H,3-4H2/t9-,10+,11-,12+. The van der Waals surface area contributed by atoms with Gasteiger partial charge in [0.25, 0.3) is 5.69 Å². The first-order chi connectivity index (χ1) is 10.5. The van der Waals surface area contributed by atoms with Gasteiger partial charge in [-0.15, -0.1) is 0 Å². The maximum atomic E-state index is 12.6. The topological polar surface area (TPSA) is 110 Å². The van der Waals surface area contributed by atoms with E-state index >= 15 is 0 Å². The summed E-state index contributed by atoms with van der Waals surface area (Å²) in [5.74, 6) is -2.30. The number of carbonyl (C=O) groups is 2. The lowest BCUT2D eigenvalue weighted by Gasteiger charge is -2.18. The lowest BCUT2D eigenvalue weighted by atomic mass is 9.81. The predicted molar refractivity (Wildman–Crippen MR) is 72.1 cm³/mol. The number of benzene rings is 1. The highest BCUT2D eigenvalue weighted by molar-refractivity contribution is 6.23. The summed E-state index contributed by atoms with van der Waals surface area (Å²) in [4.78, 5) is 36.2. The molecule has 1 aromatic rings. The number of phenolic OH excluding ortho intramolecular Hbond substituents is 1. The molecule has 114 valence electrons. The molecule has 4 atom stereocenters. The van der Waals surface area contributed by atoms with Gasteiger partial charge in [-0.2, -0.15) is 0 Å². The Morgan fingerprint density at radius 1 is 1.18 bits per heavy atom. The Morgan fingerprint density at radius 3 is 2.32 bits per heavy atom. The van der Waals surface area contributed by atoms with Crippen molar-refractivity contribution in [3.05, 3.63) is 28.3 Å². The molecule has 1 N–H and O–H groups in total. The van der Waals surface area contributed by atoms with E-state index in [1.165, 1.54) is 0 Å². The third-order valence-corrected chi connectivity index (χ3v) is 4.70. The number of nitro benzene ring substituents is 1. The predicted octanol–water partition coefficient (Wildman–Crippen LogP) is 0.967. The number of imide groups is 1. The summed E-state index contributed by atoms with van der Waals surface area (Å²) in [6.07, 6.45) is 0.939. The Bertz CT molecular complexity index is 689. The number of rotatable bonds is 2. The molecule has 2 bridgehead atoms. The van der Waals surface area contributed by atoms with E-state index in [-0.39, 0.29) is 29.3 Å². The van der Waals surface area contributed by atoms with Crippen molar-refractivity contribution in [1.82, 2.24) is 0 Å². The molecule has 8 nitrogen and oxygen atoms in total. The third kappa shape index (κ3) is 1.55. The van der Waals surface area contributed by atoms with Crippen LogP contribution in [0.15, 0.2) is 18.2 Å². The van der Waals surface area contributed by atoms with Crippen LogP contribution in [0, 0.1) is 22.0 Å². The Morgan fingerprint density at radius 2 is 1.77 bits per heavy atom. The van der Waals surface area contributed by atoms with Crippen LogP contribution in [0.1, 0.15) is 12.8 Å². The van der Waals surface area contributed by atoms with Crippen LogP contribution in [0.2, 0.25) is 0 Å². The van der Waals surface area contributed by atoms with Crippen LogP contribution in [0.5, 0.6) is 5.75 Å². The van der Waals surface area contributed by atoms with Crippen molar-refractivity contribution in [1.29, 1.82) is 0 Å². The van der Waals surface area contributed by atoms with Crippen LogP contribution in [0.4, 0.5) is 11.4 Å². The number of nitrogens with zero attached hydrogens (tertiary/aromatic N) is 2. The van der Waals surface area contributed by atoms with E-state index in [0.717, 1.165) is 35.9 Å². The Hall–Kier alpha value is -2.48. The van der Waals surface area contributed by atoms with Crippen LogP contribution in [0.3, 0.4) is 0 Å². The summed E-state index contributed by atoms with van der Waals surface area (Å²) in [6, 6.07) is 3.29. The first-order valence-corrected chi connectivity index (χ1v) is 6.99. The number of anilines is 1. The van der Waals surface area contributed by atoms with Crippen LogP contribution >= 0.6 is 0 Å². The molecule has 3 aliphatic heterocycles. The third-order valence-electron chi connectivity index (χ3n) is 4.70. The summed E-state index contributed by atoms with van der Waals surface area (Å²) < 4.78 is 5.62. The molecular formula is C14H12N2O6. The molecule has 22 heavy (non-hydrogen) atoms. The highest BCUT2D eigenvalue weighted by atomic mass is 16.6. The average Bonchev–Trinajstić information content (AvgIpc) is 3.14. The molecule has 0 aliphatic carbocycles. The van der Waals surface area contributed by atoms with Gasteiger partial charge in [0.15, 0.2) is 0 Å². The highest BCUT2D eigenvalue weighted by Crippen LogP contribution is 2.50. The summed E-state index contributed by atoms with van der Waals surface area (Å²) in [6.45, 7) is 0. The minimum atomic E-state index is -0.637. The average molecular weight is 304 g/mol. The van der Waals surface area contributed by atoms with Crippen LogP contribution in [-0.4, -0.2) is 34.1 Å². The summed E-state index contributed by atoms with van der Waals surface area (Å²) in [5.41, 5.74) is -0.414. The van der Waals surface area contributed by atoms with E-state index in [9.17, 15) is 24.8 Å². The van der Waals surface area contributed by atoms with Crippen molar-refractivity contribution < 1.29 is 24.4 Å². The number of amides is 2. The number of hydrogen-bond acceptors (Lipinski definition) is 6. The van der Waals surface area contributed by atoms with Crippen molar-refractivity contribution in [2.24, 2.45) is 11.8 Å². The van der Waals surface area contributed by atoms with Crippen molar-refractivity contribution in [3.8, 4) is 5.75 Å². The fourth-order valence-electron chi connectivity index (χ4n) is 3.75. The largest absolute Gasteiger partial charge is 0.506 e. The van der Waals surface area contributed by atoms with E-state index < -0.39 is 28.6 Å². The van der Waals surface area contributed by atoms with E-state index in [4.69, 9.17) is 4.74 Å². The smallest absolute Gasteiger partial charge is 0.271 e. The van der Waals surface area contributed by atoms with Gasteiger partial charge >= 0.3 is 0 Å². The number of hydrogen-bond donors (Lipinski definition) is 1. The van der Waals surface area contributed by atoms with Gasteiger partial charge in [-0.3, -0.25) is 19.7 Å². The van der Waals surface area contributed by atoms with Gasteiger partial charge in [0.05, 0.1) is 29.0 Å². The molecule has 2 amide bonds. The van der Waals surface area contributed by atoms with Gasteiger partial charge < -0.3 is 9.84 Å². The monoisotopic (exact) mass is 304 g/mol. The van der Waals surface area contributed by atoms with Gasteiger partial charge in [-0.25, -0.2) is 4.90 Å². The zero-order chi connectivity index (χ0) is 15.6. The molecule has 0 saturated carbocycles. The molecule has 0 radical (unpaired) electrons. The lowest BCUT2D eigenvalue weighted by molar-refractivity contribution is -0.384. The number of aromatic hydroxyl groups is 1. The lowest BCUT2D eigenvalue weighted by Crippen LogP contribution is -2.34. The second-order valence-electron chi connectivity index (χ2n) is 5.78. The summed E-state index contributed by atoms with van der Waals surface area (Å²) in [7, 11) is 0.